The fourth-order valence-corrected chi connectivity index (χ4v) is 4.16. The largest absolute Gasteiger partial charge is 0.494 e. The summed E-state index contributed by atoms with van der Waals surface area (Å²) in [4.78, 5) is 12.4. The van der Waals surface area contributed by atoms with E-state index < -0.39 is 5.82 Å². The normalized spacial score (nSPS) is 28.6. The summed E-state index contributed by atoms with van der Waals surface area (Å²) in [6.45, 7) is 0.345. The van der Waals surface area contributed by atoms with E-state index in [1.54, 1.807) is 12.1 Å². The van der Waals surface area contributed by atoms with E-state index in [9.17, 15) is 9.18 Å². The second-order valence-corrected chi connectivity index (χ2v) is 6.88. The highest BCUT2D eigenvalue weighted by Crippen LogP contribution is 2.41. The fourth-order valence-electron chi connectivity index (χ4n) is 4.16. The molecule has 2 saturated carbocycles. The minimum absolute atomic E-state index is 0. The van der Waals surface area contributed by atoms with Gasteiger partial charge in [-0.2, -0.15) is 0 Å². The third-order valence-corrected chi connectivity index (χ3v) is 5.47. The van der Waals surface area contributed by atoms with Gasteiger partial charge in [-0.05, 0) is 55.2 Å². The number of nitrogens with two attached hydrogens (primary N) is 1. The molecule has 0 aliphatic heterocycles. The number of amides is 1. The molecule has 2 bridgehead atoms. The van der Waals surface area contributed by atoms with Crippen LogP contribution >= 0.6 is 12.4 Å². The van der Waals surface area contributed by atoms with Crippen LogP contribution in [-0.2, 0) is 11.3 Å². The molecule has 0 aromatic heterocycles. The van der Waals surface area contributed by atoms with E-state index in [0.29, 0.717) is 18.4 Å². The molecular formula is C18H26ClFN2O2. The number of hydrogen-bond donors (Lipinski definition) is 2. The van der Waals surface area contributed by atoms with Crippen molar-refractivity contribution in [2.75, 3.05) is 7.11 Å². The summed E-state index contributed by atoms with van der Waals surface area (Å²) in [6.07, 6.45) is 5.31. The Hall–Kier alpha value is -1.33. The van der Waals surface area contributed by atoms with Gasteiger partial charge in [-0.3, -0.25) is 4.79 Å². The minimum Gasteiger partial charge on any atom is -0.494 e. The topological polar surface area (TPSA) is 64.3 Å². The molecule has 1 amide bonds. The monoisotopic (exact) mass is 356 g/mol. The van der Waals surface area contributed by atoms with E-state index in [-0.39, 0.29) is 36.0 Å². The van der Waals surface area contributed by atoms with Crippen molar-refractivity contribution in [1.82, 2.24) is 5.32 Å². The van der Waals surface area contributed by atoms with Crippen LogP contribution in [0.4, 0.5) is 4.39 Å². The van der Waals surface area contributed by atoms with Crippen molar-refractivity contribution in [2.45, 2.75) is 44.7 Å². The van der Waals surface area contributed by atoms with Gasteiger partial charge in [-0.25, -0.2) is 4.39 Å². The predicted octanol–water partition coefficient (Wildman–Crippen LogP) is 3.03. The Kier molecular flexibility index (Phi) is 6.47. The maximum Gasteiger partial charge on any atom is 0.223 e. The van der Waals surface area contributed by atoms with E-state index in [1.165, 1.54) is 19.6 Å². The maximum absolute atomic E-state index is 13.7. The molecular weight excluding hydrogens is 331 g/mol. The van der Waals surface area contributed by atoms with Crippen LogP contribution in [0.5, 0.6) is 5.75 Å². The van der Waals surface area contributed by atoms with E-state index in [0.717, 1.165) is 31.2 Å². The Morgan fingerprint density at radius 2 is 2.00 bits per heavy atom. The van der Waals surface area contributed by atoms with Crippen LogP contribution in [-0.4, -0.2) is 19.1 Å². The number of carbonyl (C=O) groups is 1. The van der Waals surface area contributed by atoms with Gasteiger partial charge < -0.3 is 15.8 Å². The zero-order valence-electron chi connectivity index (χ0n) is 14.0. The first-order valence-corrected chi connectivity index (χ1v) is 8.44. The van der Waals surface area contributed by atoms with E-state index in [2.05, 4.69) is 5.32 Å². The number of methoxy groups -OCH3 is 1. The Bertz CT molecular complexity index is 570. The number of halogens is 2. The molecule has 4 nitrogen and oxygen atoms in total. The first-order valence-electron chi connectivity index (χ1n) is 8.44. The molecule has 134 valence electrons. The lowest BCUT2D eigenvalue weighted by molar-refractivity contribution is -0.128. The summed E-state index contributed by atoms with van der Waals surface area (Å²) < 4.78 is 18.6. The third kappa shape index (κ3) is 4.01. The van der Waals surface area contributed by atoms with Crippen LogP contribution < -0.4 is 15.8 Å². The van der Waals surface area contributed by atoms with Gasteiger partial charge >= 0.3 is 0 Å². The summed E-state index contributed by atoms with van der Waals surface area (Å²) in [6, 6.07) is 5.03. The van der Waals surface area contributed by atoms with Gasteiger partial charge in [-0.15, -0.1) is 12.4 Å². The molecule has 0 saturated heterocycles. The lowest BCUT2D eigenvalue weighted by Crippen LogP contribution is -2.49. The van der Waals surface area contributed by atoms with Crippen LogP contribution in [0.15, 0.2) is 18.2 Å². The molecule has 0 spiro atoms. The SMILES string of the molecule is COc1ccc(CNC(=O)C2CC3CCCC(C2)C3N)cc1F.Cl. The number of nitrogens with one attached hydrogen (secondary N) is 1. The predicted molar refractivity (Wildman–Crippen MR) is 93.6 cm³/mol. The molecule has 2 unspecified atom stereocenters. The Balaban J connectivity index is 0.00000208. The van der Waals surface area contributed by atoms with Gasteiger partial charge in [0.1, 0.15) is 0 Å². The number of fused-ring (bicyclic) bond motifs is 2. The van der Waals surface area contributed by atoms with Crippen molar-refractivity contribution in [3.8, 4) is 5.75 Å². The molecule has 3 rings (SSSR count). The second kappa shape index (κ2) is 8.17. The smallest absolute Gasteiger partial charge is 0.223 e. The molecule has 3 N–H and O–H groups in total. The van der Waals surface area contributed by atoms with Crippen LogP contribution in [0, 0.1) is 23.6 Å². The van der Waals surface area contributed by atoms with E-state index in [4.69, 9.17) is 10.5 Å². The highest BCUT2D eigenvalue weighted by atomic mass is 35.5. The van der Waals surface area contributed by atoms with Crippen molar-refractivity contribution in [3.63, 3.8) is 0 Å². The molecule has 6 heteroatoms. The fraction of sp³-hybridized carbons (Fsp3) is 0.611. The molecule has 2 fully saturated rings. The van der Waals surface area contributed by atoms with Gasteiger partial charge in [-0.1, -0.05) is 12.5 Å². The van der Waals surface area contributed by atoms with Gasteiger partial charge in [0, 0.05) is 18.5 Å². The Labute approximate surface area is 148 Å². The molecule has 24 heavy (non-hydrogen) atoms. The van der Waals surface area contributed by atoms with Crippen molar-refractivity contribution in [3.05, 3.63) is 29.6 Å². The lowest BCUT2D eigenvalue weighted by Gasteiger charge is -2.43. The summed E-state index contributed by atoms with van der Waals surface area (Å²) in [5.74, 6) is 0.901. The Morgan fingerprint density at radius 3 is 2.58 bits per heavy atom. The van der Waals surface area contributed by atoms with Gasteiger partial charge in [0.05, 0.1) is 7.11 Å². The van der Waals surface area contributed by atoms with E-state index in [1.807, 2.05) is 0 Å². The zero-order valence-corrected chi connectivity index (χ0v) is 14.8. The molecule has 2 aliphatic rings. The van der Waals surface area contributed by atoms with Crippen molar-refractivity contribution in [2.24, 2.45) is 23.5 Å². The number of benzene rings is 1. The van der Waals surface area contributed by atoms with E-state index >= 15 is 0 Å². The number of carbonyl (C=O) groups excluding carboxylic acids is 1. The number of rotatable bonds is 4. The minimum atomic E-state index is -0.405. The summed E-state index contributed by atoms with van der Waals surface area (Å²) in [5.41, 5.74) is 7.01. The van der Waals surface area contributed by atoms with Gasteiger partial charge in [0.2, 0.25) is 5.91 Å². The van der Waals surface area contributed by atoms with Crippen LogP contribution in [0.1, 0.15) is 37.7 Å². The van der Waals surface area contributed by atoms with Gasteiger partial charge in [0.25, 0.3) is 0 Å². The number of ether oxygens (including phenoxy) is 1. The molecule has 0 heterocycles. The zero-order chi connectivity index (χ0) is 16.4. The molecule has 1 aromatic carbocycles. The van der Waals surface area contributed by atoms with Crippen LogP contribution in [0.3, 0.4) is 0 Å². The van der Waals surface area contributed by atoms with Crippen molar-refractivity contribution in [1.29, 1.82) is 0 Å². The first-order chi connectivity index (χ1) is 11.1. The standard InChI is InChI=1S/C18H25FN2O2.ClH/c1-23-16-6-5-11(7-15(16)19)10-21-18(22)14-8-12-3-2-4-13(9-14)17(12)20;/h5-7,12-14,17H,2-4,8-10,20H2,1H3,(H,21,22);1H. The molecule has 1 aromatic rings. The average Bonchev–Trinajstić information content (AvgIpc) is 2.52. The lowest BCUT2D eigenvalue weighted by atomic mass is 9.65. The highest BCUT2D eigenvalue weighted by Gasteiger charge is 2.40. The molecule has 2 atom stereocenters. The first kappa shape index (κ1) is 19.0. The Morgan fingerprint density at radius 1 is 1.33 bits per heavy atom. The summed E-state index contributed by atoms with van der Waals surface area (Å²) >= 11 is 0. The van der Waals surface area contributed by atoms with Gasteiger partial charge in [0.15, 0.2) is 11.6 Å². The third-order valence-electron chi connectivity index (χ3n) is 5.47. The summed E-state index contributed by atoms with van der Waals surface area (Å²) in [7, 11) is 1.44. The summed E-state index contributed by atoms with van der Waals surface area (Å²) in [5, 5.41) is 2.95. The molecule has 0 radical (unpaired) electrons. The van der Waals surface area contributed by atoms with Crippen LogP contribution in [0.2, 0.25) is 0 Å². The van der Waals surface area contributed by atoms with Crippen molar-refractivity contribution >= 4 is 18.3 Å². The van der Waals surface area contributed by atoms with Crippen molar-refractivity contribution < 1.29 is 13.9 Å². The molecule has 2 aliphatic carbocycles. The highest BCUT2D eigenvalue weighted by molar-refractivity contribution is 5.85. The average molecular weight is 357 g/mol. The van der Waals surface area contributed by atoms with Crippen LogP contribution in [0.25, 0.3) is 0 Å². The second-order valence-electron chi connectivity index (χ2n) is 6.88. The number of hydrogen-bond acceptors (Lipinski definition) is 3. The quantitative estimate of drug-likeness (QED) is 0.871. The maximum atomic E-state index is 13.7.